The van der Waals surface area contributed by atoms with Gasteiger partial charge in [-0.3, -0.25) is 4.90 Å². The Balaban J connectivity index is 1.48. The summed E-state index contributed by atoms with van der Waals surface area (Å²) in [4.78, 5) is 2.40. The van der Waals surface area contributed by atoms with Crippen LogP contribution in [-0.2, 0) is 0 Å². The topological polar surface area (TPSA) is 52.9 Å². The lowest BCUT2D eigenvalue weighted by molar-refractivity contribution is 0.0719. The van der Waals surface area contributed by atoms with E-state index in [-0.39, 0.29) is 18.6 Å². The number of hydrogen-bond acceptors (Lipinski definition) is 4. The molecule has 3 rings (SSSR count). The van der Waals surface area contributed by atoms with E-state index in [0.717, 1.165) is 18.8 Å². The van der Waals surface area contributed by atoms with E-state index in [1.54, 1.807) is 0 Å². The van der Waals surface area contributed by atoms with E-state index >= 15 is 0 Å². The zero-order valence-corrected chi connectivity index (χ0v) is 11.9. The van der Waals surface area contributed by atoms with E-state index in [4.69, 9.17) is 4.74 Å². The Hall–Kier alpha value is -1.10. The van der Waals surface area contributed by atoms with Crippen molar-refractivity contribution in [3.05, 3.63) is 30.3 Å². The fraction of sp³-hybridized carbons (Fsp3) is 0.625. The smallest absolute Gasteiger partial charge is 0.119 e. The van der Waals surface area contributed by atoms with Gasteiger partial charge in [-0.2, -0.15) is 0 Å². The Morgan fingerprint density at radius 1 is 1.20 bits per heavy atom. The molecule has 2 N–H and O–H groups in total. The molecule has 2 aliphatic rings. The number of likely N-dealkylation sites (tertiary alicyclic amines) is 1. The number of aliphatic hydroxyl groups is 2. The average Bonchev–Trinajstić information content (AvgIpc) is 2.86. The van der Waals surface area contributed by atoms with Crippen LogP contribution < -0.4 is 4.74 Å². The molecule has 1 aliphatic heterocycles. The number of para-hydroxylation sites is 1. The first-order valence-electron chi connectivity index (χ1n) is 7.35. The van der Waals surface area contributed by atoms with Crippen LogP contribution in [0.4, 0.5) is 0 Å². The first kappa shape index (κ1) is 13.9. The van der Waals surface area contributed by atoms with Gasteiger partial charge in [-0.05, 0) is 30.9 Å². The lowest BCUT2D eigenvalue weighted by Crippen LogP contribution is -2.40. The summed E-state index contributed by atoms with van der Waals surface area (Å²) in [6.45, 7) is 5.00. The molecule has 1 aromatic carbocycles. The van der Waals surface area contributed by atoms with Gasteiger partial charge >= 0.3 is 0 Å². The van der Waals surface area contributed by atoms with Crippen molar-refractivity contribution < 1.29 is 14.9 Å². The molecule has 0 amide bonds. The molecule has 0 aromatic heterocycles. The van der Waals surface area contributed by atoms with Crippen molar-refractivity contribution in [3.8, 4) is 5.75 Å². The molecule has 0 radical (unpaired) electrons. The second kappa shape index (κ2) is 5.35. The summed E-state index contributed by atoms with van der Waals surface area (Å²) in [7, 11) is 0. The molecule has 4 heteroatoms. The second-order valence-electron chi connectivity index (χ2n) is 6.19. The second-order valence-corrected chi connectivity index (χ2v) is 6.19. The highest BCUT2D eigenvalue weighted by Crippen LogP contribution is 2.62. The summed E-state index contributed by atoms with van der Waals surface area (Å²) in [5, 5.41) is 18.9. The van der Waals surface area contributed by atoms with Crippen LogP contribution >= 0.6 is 0 Å². The minimum Gasteiger partial charge on any atom is -0.492 e. The molecule has 1 aliphatic carbocycles. The van der Waals surface area contributed by atoms with E-state index in [2.05, 4.69) is 11.8 Å². The molecule has 1 aromatic rings. The lowest BCUT2D eigenvalue weighted by Gasteiger charge is -2.29. The molecule has 2 fully saturated rings. The van der Waals surface area contributed by atoms with Gasteiger partial charge in [-0.25, -0.2) is 0 Å². The molecular weight excluding hydrogens is 254 g/mol. The summed E-state index contributed by atoms with van der Waals surface area (Å²) < 4.78 is 5.79. The maximum atomic E-state index is 9.44. The molecule has 4 nitrogen and oxygen atoms in total. The molecule has 1 heterocycles. The summed E-state index contributed by atoms with van der Waals surface area (Å²) >= 11 is 0. The maximum absolute atomic E-state index is 9.44. The van der Waals surface area contributed by atoms with Crippen LogP contribution in [0.15, 0.2) is 30.3 Å². The lowest BCUT2D eigenvalue weighted by atomic mass is 10.0. The van der Waals surface area contributed by atoms with Gasteiger partial charge in [0.05, 0.1) is 13.2 Å². The van der Waals surface area contributed by atoms with Crippen LogP contribution in [-0.4, -0.2) is 54.1 Å². The minimum absolute atomic E-state index is 0.113. The predicted octanol–water partition coefficient (Wildman–Crippen LogP) is 0.986. The van der Waals surface area contributed by atoms with Gasteiger partial charge in [0, 0.05) is 24.5 Å². The Kier molecular flexibility index (Phi) is 3.71. The van der Waals surface area contributed by atoms with Crippen molar-refractivity contribution in [2.24, 2.45) is 17.3 Å². The predicted molar refractivity (Wildman–Crippen MR) is 76.6 cm³/mol. The number of hydrogen-bond donors (Lipinski definition) is 2. The number of benzene rings is 1. The van der Waals surface area contributed by atoms with Gasteiger partial charge < -0.3 is 14.9 Å². The Morgan fingerprint density at radius 3 is 2.35 bits per heavy atom. The van der Waals surface area contributed by atoms with Crippen molar-refractivity contribution in [2.45, 2.75) is 13.0 Å². The average molecular weight is 277 g/mol. The van der Waals surface area contributed by atoms with Gasteiger partial charge in [0.15, 0.2) is 0 Å². The fourth-order valence-corrected chi connectivity index (χ4v) is 3.59. The van der Waals surface area contributed by atoms with E-state index in [1.165, 1.54) is 0 Å². The third-order valence-electron chi connectivity index (χ3n) is 5.16. The quantitative estimate of drug-likeness (QED) is 0.814. The summed E-state index contributed by atoms with van der Waals surface area (Å²) in [6, 6.07) is 10.2. The van der Waals surface area contributed by atoms with Crippen molar-refractivity contribution in [3.63, 3.8) is 0 Å². The number of aliphatic hydroxyl groups excluding tert-OH is 2. The summed E-state index contributed by atoms with van der Waals surface area (Å²) in [5.74, 6) is 1.82. The van der Waals surface area contributed by atoms with Crippen LogP contribution in [0.3, 0.4) is 0 Å². The summed E-state index contributed by atoms with van der Waals surface area (Å²) in [6.07, 6.45) is 0. The molecule has 20 heavy (non-hydrogen) atoms. The highest BCUT2D eigenvalue weighted by atomic mass is 16.5. The highest BCUT2D eigenvalue weighted by molar-refractivity contribution is 5.21. The van der Waals surface area contributed by atoms with Gasteiger partial charge in [-0.1, -0.05) is 18.2 Å². The summed E-state index contributed by atoms with van der Waals surface area (Å²) in [5.41, 5.74) is -0.198. The maximum Gasteiger partial charge on any atom is 0.119 e. The molecule has 110 valence electrons. The minimum atomic E-state index is -0.198. The van der Waals surface area contributed by atoms with Gasteiger partial charge in [0.25, 0.3) is 0 Å². The Bertz CT molecular complexity index is 432. The number of fused-ring (bicyclic) bond motifs is 1. The SMILES string of the molecule is CC(COc1ccccc1)N1CC2C(C1)C2(CO)CO. The number of piperidine rings is 1. The molecule has 0 spiro atoms. The first-order valence-corrected chi connectivity index (χ1v) is 7.35. The molecule has 1 saturated heterocycles. The number of nitrogens with zero attached hydrogens (tertiary/aromatic N) is 1. The van der Waals surface area contributed by atoms with Crippen LogP contribution in [0.2, 0.25) is 0 Å². The third-order valence-corrected chi connectivity index (χ3v) is 5.16. The third kappa shape index (κ3) is 2.22. The molecule has 3 unspecified atom stereocenters. The fourth-order valence-electron chi connectivity index (χ4n) is 3.59. The van der Waals surface area contributed by atoms with Crippen LogP contribution in [0.25, 0.3) is 0 Å². The number of rotatable bonds is 6. The molecule has 0 bridgehead atoms. The van der Waals surface area contributed by atoms with Crippen molar-refractivity contribution in [1.29, 1.82) is 0 Å². The van der Waals surface area contributed by atoms with E-state index in [0.29, 0.717) is 24.5 Å². The normalized spacial score (nSPS) is 28.9. The molecule has 1 saturated carbocycles. The zero-order chi connectivity index (χ0) is 14.2. The van der Waals surface area contributed by atoms with E-state index in [1.807, 2.05) is 30.3 Å². The van der Waals surface area contributed by atoms with Crippen LogP contribution in [0.1, 0.15) is 6.92 Å². The van der Waals surface area contributed by atoms with E-state index in [9.17, 15) is 10.2 Å². The molecular formula is C16H23NO3. The molecule has 3 atom stereocenters. The first-order chi connectivity index (χ1) is 9.71. The monoisotopic (exact) mass is 277 g/mol. The zero-order valence-electron chi connectivity index (χ0n) is 11.9. The standard InChI is InChI=1S/C16H23NO3/c1-12(9-20-13-5-3-2-4-6-13)17-7-14-15(8-17)16(14,10-18)11-19/h2-6,12,14-15,18-19H,7-11H2,1H3. The van der Waals surface area contributed by atoms with Crippen molar-refractivity contribution in [1.82, 2.24) is 4.90 Å². The van der Waals surface area contributed by atoms with Gasteiger partial charge in [0.2, 0.25) is 0 Å². The van der Waals surface area contributed by atoms with Crippen LogP contribution in [0.5, 0.6) is 5.75 Å². The Labute approximate surface area is 120 Å². The van der Waals surface area contributed by atoms with Gasteiger partial charge in [-0.15, -0.1) is 0 Å². The van der Waals surface area contributed by atoms with Gasteiger partial charge in [0.1, 0.15) is 12.4 Å². The van der Waals surface area contributed by atoms with Crippen LogP contribution in [0, 0.1) is 17.3 Å². The van der Waals surface area contributed by atoms with Crippen molar-refractivity contribution >= 4 is 0 Å². The van der Waals surface area contributed by atoms with Crippen molar-refractivity contribution in [2.75, 3.05) is 32.9 Å². The highest BCUT2D eigenvalue weighted by Gasteiger charge is 2.67. The van der Waals surface area contributed by atoms with E-state index < -0.39 is 0 Å². The number of ether oxygens (including phenoxy) is 1. The largest absolute Gasteiger partial charge is 0.492 e. The Morgan fingerprint density at radius 2 is 1.80 bits per heavy atom.